The Morgan fingerprint density at radius 3 is 2.11 bits per heavy atom. The van der Waals surface area contributed by atoms with Gasteiger partial charge in [-0.25, -0.2) is 0 Å². The van der Waals surface area contributed by atoms with Crippen LogP contribution in [-0.4, -0.2) is 0 Å². The maximum absolute atomic E-state index is 2.47. The maximum Gasteiger partial charge on any atom is 0.268 e. The van der Waals surface area contributed by atoms with Gasteiger partial charge in [0.15, 0.2) is 25.1 Å². The second-order valence-corrected chi connectivity index (χ2v) is 12.5. The number of fused-ring (bicyclic) bond motifs is 13. The van der Waals surface area contributed by atoms with Gasteiger partial charge in [0.25, 0.3) is 11.7 Å². The fourth-order valence-electron chi connectivity index (χ4n) is 7.58. The first-order valence-corrected chi connectivity index (χ1v) is 16.3. The maximum atomic E-state index is 2.47. The van der Waals surface area contributed by atoms with Gasteiger partial charge in [0, 0.05) is 53.1 Å². The summed E-state index contributed by atoms with van der Waals surface area (Å²) in [7, 11) is 0. The number of hydrogen-bond donors (Lipinski definition) is 0. The van der Waals surface area contributed by atoms with Crippen molar-refractivity contribution >= 4 is 11.8 Å². The lowest BCUT2D eigenvalue weighted by Crippen LogP contribution is -2.49. The van der Waals surface area contributed by atoms with Gasteiger partial charge in [-0.2, -0.15) is 13.7 Å². The first kappa shape index (κ1) is 27.4. The molecule has 1 atom stereocenters. The lowest BCUT2D eigenvalue weighted by atomic mass is 9.92. The van der Waals surface area contributed by atoms with Gasteiger partial charge in [-0.15, -0.1) is 0 Å². The zero-order valence-corrected chi connectivity index (χ0v) is 26.3. The van der Waals surface area contributed by atoms with E-state index in [-0.39, 0.29) is 6.04 Å². The van der Waals surface area contributed by atoms with E-state index in [1.807, 2.05) is 0 Å². The summed E-state index contributed by atoms with van der Waals surface area (Å²) in [6, 6.07) is 52.9. The average Bonchev–Trinajstić information content (AvgIpc) is 3.28. The normalized spacial score (nSPS) is 14.3. The smallest absolute Gasteiger partial charge is 0.193 e. The Morgan fingerprint density at radius 2 is 1.23 bits per heavy atom. The van der Waals surface area contributed by atoms with Crippen LogP contribution in [0.15, 0.2) is 164 Å². The number of aryl methyl sites for hydroxylation is 1. The van der Waals surface area contributed by atoms with Crippen molar-refractivity contribution in [3.63, 3.8) is 0 Å². The molecule has 0 aliphatic carbocycles. The third kappa shape index (κ3) is 4.54. The first-order valence-electron chi connectivity index (χ1n) is 16.3. The summed E-state index contributed by atoms with van der Waals surface area (Å²) in [6.07, 6.45) is 9.26. The molecule has 9 rings (SSSR count). The first-order chi connectivity index (χ1) is 23.2. The molecule has 222 valence electrons. The quantitative estimate of drug-likeness (QED) is 0.167. The Bertz CT molecular complexity index is 2350. The summed E-state index contributed by atoms with van der Waals surface area (Å²) in [4.78, 5) is 0. The number of aromatic nitrogens is 3. The number of hydrogen-bond acceptors (Lipinski definition) is 0. The summed E-state index contributed by atoms with van der Waals surface area (Å²) in [5.41, 5.74) is 16.0. The van der Waals surface area contributed by atoms with E-state index in [1.54, 1.807) is 0 Å². The fraction of sp³-hybridized carbons (Fsp3) is 0.0682. The summed E-state index contributed by atoms with van der Waals surface area (Å²) in [6.45, 7) is 2.99. The van der Waals surface area contributed by atoms with Crippen LogP contribution in [0.3, 0.4) is 0 Å². The lowest BCUT2D eigenvalue weighted by molar-refractivity contribution is -0.713. The molecule has 0 fully saturated rings. The van der Waals surface area contributed by atoms with E-state index in [0.29, 0.717) is 0 Å². The molecule has 0 amide bonds. The number of benzene rings is 4. The molecule has 3 heteroatoms. The van der Waals surface area contributed by atoms with Gasteiger partial charge in [-0.3, -0.25) is 0 Å². The van der Waals surface area contributed by atoms with Crippen LogP contribution in [0.5, 0.6) is 0 Å². The van der Waals surface area contributed by atoms with Gasteiger partial charge in [-0.1, -0.05) is 84.9 Å². The molecule has 7 aromatic rings. The Morgan fingerprint density at radius 1 is 0.553 bits per heavy atom. The Hall–Kier alpha value is -5.93. The number of rotatable bonds is 1. The van der Waals surface area contributed by atoms with Gasteiger partial charge in [0.2, 0.25) is 17.1 Å². The molecule has 0 saturated heterocycles. The number of pyridine rings is 3. The van der Waals surface area contributed by atoms with Gasteiger partial charge >= 0.3 is 0 Å². The van der Waals surface area contributed by atoms with E-state index in [1.165, 1.54) is 72.8 Å². The van der Waals surface area contributed by atoms with Crippen LogP contribution < -0.4 is 13.7 Å². The lowest BCUT2D eigenvalue weighted by Gasteiger charge is -2.17. The summed E-state index contributed by atoms with van der Waals surface area (Å²) in [5.74, 6) is 0. The molecule has 2 aliphatic heterocycles. The molecular weight excluding hydrogens is 571 g/mol. The van der Waals surface area contributed by atoms with Crippen LogP contribution in [0, 0.1) is 6.92 Å². The minimum atomic E-state index is -0.103. The third-order valence-corrected chi connectivity index (χ3v) is 9.75. The van der Waals surface area contributed by atoms with Crippen LogP contribution in [0.25, 0.3) is 56.7 Å². The van der Waals surface area contributed by atoms with Crippen LogP contribution in [0.4, 0.5) is 0 Å². The number of nitrogens with zero attached hydrogens (tertiary/aromatic N) is 3. The van der Waals surface area contributed by atoms with E-state index in [0.717, 1.165) is 6.54 Å². The zero-order chi connectivity index (χ0) is 31.3. The molecule has 47 heavy (non-hydrogen) atoms. The molecule has 2 aliphatic rings. The van der Waals surface area contributed by atoms with Crippen LogP contribution in [-0.2, 0) is 6.54 Å². The van der Waals surface area contributed by atoms with E-state index < -0.39 is 0 Å². The molecule has 4 aromatic carbocycles. The van der Waals surface area contributed by atoms with Gasteiger partial charge in [-0.05, 0) is 53.9 Å². The standard InChI is InChI=1S/C44H34N3/c1-31-27-42-37-21-9-10-22-38(37)44-43(28-33-17-5-7-19-35(33)41-24-12-14-26-47(41)44)46-25-13-11-23-40(46)36-20-8-6-18-34(36)29-45(42)30-39(31)32-15-3-2-4-16-32/h2-28,30,44H,29H2,1H3/q+3. The second-order valence-electron chi connectivity index (χ2n) is 12.5. The van der Waals surface area contributed by atoms with Crippen molar-refractivity contribution in [3.05, 3.63) is 186 Å². The van der Waals surface area contributed by atoms with Crippen molar-refractivity contribution in [2.45, 2.75) is 19.5 Å². The summed E-state index contributed by atoms with van der Waals surface area (Å²) < 4.78 is 7.37. The molecule has 3 nitrogen and oxygen atoms in total. The fourth-order valence-corrected chi connectivity index (χ4v) is 7.58. The van der Waals surface area contributed by atoms with Crippen molar-refractivity contribution in [2.75, 3.05) is 0 Å². The van der Waals surface area contributed by atoms with Gasteiger partial charge in [0.1, 0.15) is 0 Å². The predicted octanol–water partition coefficient (Wildman–Crippen LogP) is 8.49. The molecule has 5 heterocycles. The highest BCUT2D eigenvalue weighted by Gasteiger charge is 2.42. The van der Waals surface area contributed by atoms with Crippen molar-refractivity contribution in [3.8, 4) is 44.9 Å². The van der Waals surface area contributed by atoms with Crippen LogP contribution in [0.2, 0.25) is 0 Å². The summed E-state index contributed by atoms with van der Waals surface area (Å²) in [5, 5.41) is 0. The SMILES string of the molecule is Cc1cc2[n+](cc1-c1ccccc1)Cc1ccccc1-c1cccc[n+]1C1=Cc3ccccc3-c3cccc[n+]3C1c1ccccc1-2. The minimum Gasteiger partial charge on any atom is -0.193 e. The van der Waals surface area contributed by atoms with E-state index in [2.05, 4.69) is 191 Å². The second kappa shape index (κ2) is 11.1. The third-order valence-electron chi connectivity index (χ3n) is 9.75. The number of allylic oxidation sites excluding steroid dienone is 1. The molecule has 0 N–H and O–H groups in total. The average molecular weight is 605 g/mol. The molecule has 1 unspecified atom stereocenters. The highest BCUT2D eigenvalue weighted by Crippen LogP contribution is 2.39. The highest BCUT2D eigenvalue weighted by atomic mass is 15.1. The Balaban J connectivity index is 1.44. The van der Waals surface area contributed by atoms with E-state index in [4.69, 9.17) is 0 Å². The summed E-state index contributed by atoms with van der Waals surface area (Å²) >= 11 is 0. The predicted molar refractivity (Wildman–Crippen MR) is 188 cm³/mol. The van der Waals surface area contributed by atoms with Crippen molar-refractivity contribution in [1.29, 1.82) is 0 Å². The minimum absolute atomic E-state index is 0.103. The van der Waals surface area contributed by atoms with Gasteiger partial charge in [0.05, 0.1) is 16.7 Å². The highest BCUT2D eigenvalue weighted by molar-refractivity contribution is 5.82. The molecule has 0 bridgehead atoms. The largest absolute Gasteiger partial charge is 0.268 e. The Kier molecular flexibility index (Phi) is 6.50. The van der Waals surface area contributed by atoms with Crippen molar-refractivity contribution in [2.24, 2.45) is 0 Å². The van der Waals surface area contributed by atoms with Crippen LogP contribution >= 0.6 is 0 Å². The molecule has 0 spiro atoms. The molecular formula is C44H34N3+3. The van der Waals surface area contributed by atoms with Gasteiger partial charge < -0.3 is 0 Å². The monoisotopic (exact) mass is 604 g/mol. The van der Waals surface area contributed by atoms with Crippen LogP contribution in [0.1, 0.15) is 28.3 Å². The topological polar surface area (TPSA) is 11.6 Å². The molecule has 0 radical (unpaired) electrons. The van der Waals surface area contributed by atoms with E-state index in [9.17, 15) is 0 Å². The van der Waals surface area contributed by atoms with Crippen molar-refractivity contribution < 1.29 is 13.7 Å². The zero-order valence-electron chi connectivity index (χ0n) is 26.3. The van der Waals surface area contributed by atoms with Crippen molar-refractivity contribution in [1.82, 2.24) is 0 Å². The Labute approximate surface area is 275 Å². The van der Waals surface area contributed by atoms with E-state index >= 15 is 0 Å². The molecule has 3 aromatic heterocycles. The molecule has 0 saturated carbocycles.